The molecule has 3 nitrogen and oxygen atoms in total. The van der Waals surface area contributed by atoms with Crippen LogP contribution in [0.4, 0.5) is 0 Å². The molecule has 0 bridgehead atoms. The quantitative estimate of drug-likeness (QED) is 0.779. The van der Waals surface area contributed by atoms with Gasteiger partial charge < -0.3 is 5.73 Å². The molecule has 64 valence electrons. The minimum Gasteiger partial charge on any atom is -0.321 e. The van der Waals surface area contributed by atoms with Crippen LogP contribution in [0.2, 0.25) is 0 Å². The van der Waals surface area contributed by atoms with Crippen molar-refractivity contribution in [3.8, 4) is 0 Å². The van der Waals surface area contributed by atoms with Crippen LogP contribution in [0.5, 0.6) is 0 Å². The highest BCUT2D eigenvalue weighted by Crippen LogP contribution is 2.14. The largest absolute Gasteiger partial charge is 0.321 e. The van der Waals surface area contributed by atoms with Gasteiger partial charge in [-0.25, -0.2) is 0 Å². The molecule has 0 aliphatic rings. The number of nitrogens with two attached hydrogens (primary N) is 1. The van der Waals surface area contributed by atoms with E-state index in [2.05, 4.69) is 20.9 Å². The average molecular weight is 229 g/mol. The molecule has 1 aromatic heterocycles. The van der Waals surface area contributed by atoms with E-state index in [0.717, 1.165) is 0 Å². The number of hydrogen-bond acceptors (Lipinski definition) is 3. The smallest absolute Gasteiger partial charge is 0.198 e. The second-order valence-electron chi connectivity index (χ2n) is 2.49. The minimum atomic E-state index is -0.504. The molecule has 0 aromatic carbocycles. The fourth-order valence-electron chi connectivity index (χ4n) is 0.783. The highest BCUT2D eigenvalue weighted by atomic mass is 79.9. The first-order chi connectivity index (χ1) is 5.63. The first-order valence-corrected chi connectivity index (χ1v) is 4.32. The summed E-state index contributed by atoms with van der Waals surface area (Å²) in [6.45, 7) is 1.64. The highest BCUT2D eigenvalue weighted by molar-refractivity contribution is 9.10. The normalized spacial score (nSPS) is 12.6. The van der Waals surface area contributed by atoms with E-state index in [1.165, 1.54) is 0 Å². The number of aromatic nitrogens is 1. The molecule has 2 N–H and O–H groups in total. The van der Waals surface area contributed by atoms with Crippen LogP contribution in [0.3, 0.4) is 0 Å². The molecular weight excluding hydrogens is 220 g/mol. The molecule has 0 radical (unpaired) electrons. The average Bonchev–Trinajstić information content (AvgIpc) is 2.04. The minimum absolute atomic E-state index is 0.150. The molecule has 0 fully saturated rings. The van der Waals surface area contributed by atoms with Gasteiger partial charge in [-0.05, 0) is 35.0 Å². The Morgan fingerprint density at radius 3 is 2.92 bits per heavy atom. The zero-order chi connectivity index (χ0) is 9.14. The lowest BCUT2D eigenvalue weighted by Gasteiger charge is -2.04. The maximum Gasteiger partial charge on any atom is 0.198 e. The molecule has 1 atom stereocenters. The van der Waals surface area contributed by atoms with Crippen molar-refractivity contribution in [2.45, 2.75) is 13.0 Å². The Kier molecular flexibility index (Phi) is 2.94. The third-order valence-corrected chi connectivity index (χ3v) is 2.05. The third kappa shape index (κ3) is 1.89. The summed E-state index contributed by atoms with van der Waals surface area (Å²) in [5.41, 5.74) is 5.82. The van der Waals surface area contributed by atoms with Crippen molar-refractivity contribution in [2.24, 2.45) is 5.73 Å². The topological polar surface area (TPSA) is 56.0 Å². The number of halogens is 1. The number of Topliss-reactive ketones (excluding diaryl/α,β-unsaturated/α-hetero) is 1. The number of carbonyl (C=O) groups is 1. The molecule has 12 heavy (non-hydrogen) atoms. The van der Waals surface area contributed by atoms with Crippen molar-refractivity contribution >= 4 is 21.7 Å². The molecule has 1 heterocycles. The maximum atomic E-state index is 11.3. The predicted molar refractivity (Wildman–Crippen MR) is 49.9 cm³/mol. The lowest BCUT2D eigenvalue weighted by molar-refractivity contribution is 0.0962. The van der Waals surface area contributed by atoms with Crippen LogP contribution in [-0.2, 0) is 0 Å². The Labute approximate surface area is 79.1 Å². The third-order valence-electron chi connectivity index (χ3n) is 1.41. The van der Waals surface area contributed by atoms with Crippen molar-refractivity contribution in [2.75, 3.05) is 0 Å². The van der Waals surface area contributed by atoms with Gasteiger partial charge in [0, 0.05) is 10.7 Å². The fourth-order valence-corrected chi connectivity index (χ4v) is 1.23. The van der Waals surface area contributed by atoms with Gasteiger partial charge in [0.15, 0.2) is 5.78 Å². The molecule has 0 aliphatic carbocycles. The molecule has 1 unspecified atom stereocenters. The number of hydrogen-bond donors (Lipinski definition) is 1. The first-order valence-electron chi connectivity index (χ1n) is 3.53. The van der Waals surface area contributed by atoms with Gasteiger partial charge in [0.25, 0.3) is 0 Å². The number of pyridine rings is 1. The Bertz CT molecular complexity index is 299. The Balaban J connectivity index is 3.03. The molecule has 0 amide bonds. The van der Waals surface area contributed by atoms with Crippen LogP contribution >= 0.6 is 15.9 Å². The zero-order valence-corrected chi connectivity index (χ0v) is 8.21. The number of ketones is 1. The molecule has 0 saturated heterocycles. The van der Waals surface area contributed by atoms with Crippen LogP contribution in [0, 0.1) is 0 Å². The van der Waals surface area contributed by atoms with Gasteiger partial charge in [-0.2, -0.15) is 0 Å². The lowest BCUT2D eigenvalue weighted by atomic mass is 10.1. The number of carbonyl (C=O) groups excluding carboxylic acids is 1. The van der Waals surface area contributed by atoms with Crippen LogP contribution in [0.1, 0.15) is 17.4 Å². The Hall–Kier alpha value is -0.740. The second-order valence-corrected chi connectivity index (χ2v) is 3.34. The van der Waals surface area contributed by atoms with E-state index in [1.54, 1.807) is 25.3 Å². The fraction of sp³-hybridized carbons (Fsp3) is 0.250. The van der Waals surface area contributed by atoms with E-state index < -0.39 is 6.04 Å². The summed E-state index contributed by atoms with van der Waals surface area (Å²) < 4.78 is 0.687. The molecule has 0 saturated carbocycles. The number of nitrogens with zero attached hydrogens (tertiary/aromatic N) is 1. The summed E-state index contributed by atoms with van der Waals surface area (Å²) in [4.78, 5) is 15.3. The van der Waals surface area contributed by atoms with E-state index >= 15 is 0 Å². The highest BCUT2D eigenvalue weighted by Gasteiger charge is 2.14. The molecule has 4 heteroatoms. The van der Waals surface area contributed by atoms with Crippen LogP contribution < -0.4 is 5.73 Å². The van der Waals surface area contributed by atoms with Crippen molar-refractivity contribution in [1.29, 1.82) is 0 Å². The van der Waals surface area contributed by atoms with E-state index in [4.69, 9.17) is 5.73 Å². The van der Waals surface area contributed by atoms with E-state index in [0.29, 0.717) is 10.2 Å². The zero-order valence-electron chi connectivity index (χ0n) is 6.62. The summed E-state index contributed by atoms with van der Waals surface area (Å²) in [5, 5.41) is 0. The molecule has 0 spiro atoms. The van der Waals surface area contributed by atoms with Crippen LogP contribution in [0.25, 0.3) is 0 Å². The molecular formula is C8H9BrN2O. The Morgan fingerprint density at radius 2 is 2.42 bits per heavy atom. The SMILES string of the molecule is CC(N)C(=O)c1ncccc1Br. The molecule has 1 aromatic rings. The van der Waals surface area contributed by atoms with Gasteiger partial charge in [0.2, 0.25) is 0 Å². The molecule has 0 aliphatic heterocycles. The van der Waals surface area contributed by atoms with E-state index in [-0.39, 0.29) is 5.78 Å². The maximum absolute atomic E-state index is 11.3. The summed E-state index contributed by atoms with van der Waals surface area (Å²) in [5.74, 6) is -0.150. The van der Waals surface area contributed by atoms with Gasteiger partial charge in [0.1, 0.15) is 5.69 Å². The first kappa shape index (κ1) is 9.35. The van der Waals surface area contributed by atoms with Crippen LogP contribution in [0.15, 0.2) is 22.8 Å². The van der Waals surface area contributed by atoms with Gasteiger partial charge in [0.05, 0.1) is 6.04 Å². The second kappa shape index (κ2) is 3.78. The van der Waals surface area contributed by atoms with Gasteiger partial charge in [-0.1, -0.05) is 0 Å². The van der Waals surface area contributed by atoms with Crippen molar-refractivity contribution < 1.29 is 4.79 Å². The lowest BCUT2D eigenvalue weighted by Crippen LogP contribution is -2.27. The van der Waals surface area contributed by atoms with Gasteiger partial charge >= 0.3 is 0 Å². The summed E-state index contributed by atoms with van der Waals surface area (Å²) in [6, 6.07) is 3.01. The van der Waals surface area contributed by atoms with Crippen molar-refractivity contribution in [3.63, 3.8) is 0 Å². The van der Waals surface area contributed by atoms with Crippen LogP contribution in [-0.4, -0.2) is 16.8 Å². The summed E-state index contributed by atoms with van der Waals surface area (Å²) in [6.07, 6.45) is 1.57. The van der Waals surface area contributed by atoms with Crippen molar-refractivity contribution in [3.05, 3.63) is 28.5 Å². The monoisotopic (exact) mass is 228 g/mol. The standard InChI is InChI=1S/C8H9BrN2O/c1-5(10)8(12)7-6(9)3-2-4-11-7/h2-5H,10H2,1H3. The summed E-state index contributed by atoms with van der Waals surface area (Å²) in [7, 11) is 0. The van der Waals surface area contributed by atoms with Gasteiger partial charge in [-0.3, -0.25) is 9.78 Å². The molecule has 1 rings (SSSR count). The Morgan fingerprint density at radius 1 is 1.75 bits per heavy atom. The van der Waals surface area contributed by atoms with Gasteiger partial charge in [-0.15, -0.1) is 0 Å². The van der Waals surface area contributed by atoms with E-state index in [1.807, 2.05) is 0 Å². The van der Waals surface area contributed by atoms with Crippen molar-refractivity contribution in [1.82, 2.24) is 4.98 Å². The number of rotatable bonds is 2. The van der Waals surface area contributed by atoms with E-state index in [9.17, 15) is 4.79 Å². The summed E-state index contributed by atoms with van der Waals surface area (Å²) >= 11 is 3.23. The predicted octanol–water partition coefficient (Wildman–Crippen LogP) is 1.37.